The molecule has 5 N–H and O–H groups in total. The zero-order valence-corrected chi connectivity index (χ0v) is 10.4. The van der Waals surface area contributed by atoms with Gasteiger partial charge in [-0.3, -0.25) is 5.32 Å². The Labute approximate surface area is 111 Å². The van der Waals surface area contributed by atoms with E-state index in [2.05, 4.69) is 5.32 Å². The third kappa shape index (κ3) is 3.11. The third-order valence-corrected chi connectivity index (χ3v) is 3.31. The lowest BCUT2D eigenvalue weighted by Gasteiger charge is -2.32. The Balaban J connectivity index is 1.83. The summed E-state index contributed by atoms with van der Waals surface area (Å²) in [6.07, 6.45) is -3.88. The number of rotatable bonds is 5. The van der Waals surface area contributed by atoms with Crippen LogP contribution in [-0.2, 0) is 11.3 Å². The number of aliphatic hydroxyl groups is 4. The van der Waals surface area contributed by atoms with Gasteiger partial charge in [-0.1, -0.05) is 30.3 Å². The second-order valence-electron chi connectivity index (χ2n) is 4.73. The van der Waals surface area contributed by atoms with Gasteiger partial charge in [-0.15, -0.1) is 0 Å². The quantitative estimate of drug-likeness (QED) is 0.449. The summed E-state index contributed by atoms with van der Waals surface area (Å²) in [4.78, 5) is 0. The van der Waals surface area contributed by atoms with Crippen molar-refractivity contribution in [2.24, 2.45) is 0 Å². The minimum atomic E-state index is -1.93. The molecule has 1 unspecified atom stereocenters. The van der Waals surface area contributed by atoms with Crippen molar-refractivity contribution < 1.29 is 25.2 Å². The van der Waals surface area contributed by atoms with Gasteiger partial charge in [0.15, 0.2) is 5.72 Å². The van der Waals surface area contributed by atoms with E-state index in [0.717, 1.165) is 5.56 Å². The lowest BCUT2D eigenvalue weighted by atomic mass is 10.0. The summed E-state index contributed by atoms with van der Waals surface area (Å²) in [7, 11) is 0. The number of hydrogen-bond donors (Lipinski definition) is 5. The van der Waals surface area contributed by atoms with Crippen molar-refractivity contribution in [1.29, 1.82) is 0 Å². The van der Waals surface area contributed by atoms with Crippen LogP contribution >= 0.6 is 0 Å². The first-order chi connectivity index (χ1) is 9.04. The average Bonchev–Trinajstić information content (AvgIpc) is 2.69. The number of β-amino-alcohol motifs (C(OH)–C–C–N with tert-alkyl or cyclic N) is 1. The molecule has 4 atom stereocenters. The molecule has 0 saturated carbocycles. The normalized spacial score (nSPS) is 32.4. The van der Waals surface area contributed by atoms with Crippen LogP contribution in [0.1, 0.15) is 5.56 Å². The highest BCUT2D eigenvalue weighted by molar-refractivity contribution is 5.13. The molecule has 6 nitrogen and oxygen atoms in total. The maximum atomic E-state index is 10.0. The summed E-state index contributed by atoms with van der Waals surface area (Å²) in [6.45, 7) is 0.169. The Kier molecular flexibility index (Phi) is 4.51. The predicted octanol–water partition coefficient (Wildman–Crippen LogP) is -1.42. The Morgan fingerprint density at radius 1 is 1.32 bits per heavy atom. The van der Waals surface area contributed by atoms with E-state index in [0.29, 0.717) is 6.61 Å². The lowest BCUT2D eigenvalue weighted by Crippen LogP contribution is -2.59. The van der Waals surface area contributed by atoms with E-state index >= 15 is 0 Å². The molecule has 0 aromatic heterocycles. The predicted molar refractivity (Wildman–Crippen MR) is 67.1 cm³/mol. The Morgan fingerprint density at radius 2 is 2.00 bits per heavy atom. The minimum Gasteiger partial charge on any atom is -0.389 e. The van der Waals surface area contributed by atoms with Crippen LogP contribution in [0.15, 0.2) is 30.3 Å². The Hall–Kier alpha value is -1.02. The summed E-state index contributed by atoms with van der Waals surface area (Å²) in [5.41, 5.74) is -0.988. The number of hydrogen-bond acceptors (Lipinski definition) is 6. The fourth-order valence-electron chi connectivity index (χ4n) is 2.08. The van der Waals surface area contributed by atoms with Crippen LogP contribution < -0.4 is 5.32 Å². The van der Waals surface area contributed by atoms with Gasteiger partial charge >= 0.3 is 0 Å². The van der Waals surface area contributed by atoms with Gasteiger partial charge in [0.25, 0.3) is 0 Å². The molecule has 0 radical (unpaired) electrons. The number of nitrogens with one attached hydrogen (secondary N) is 1. The maximum Gasteiger partial charge on any atom is 0.173 e. The molecule has 106 valence electrons. The summed E-state index contributed by atoms with van der Waals surface area (Å²) in [6, 6.07) is 9.41. The highest BCUT2D eigenvalue weighted by atomic mass is 16.5. The van der Waals surface area contributed by atoms with Crippen LogP contribution in [0, 0.1) is 0 Å². The summed E-state index contributed by atoms with van der Waals surface area (Å²) in [5, 5.41) is 41.4. The molecule has 1 aliphatic rings. The third-order valence-electron chi connectivity index (χ3n) is 3.31. The van der Waals surface area contributed by atoms with Crippen LogP contribution in [0.3, 0.4) is 0 Å². The van der Waals surface area contributed by atoms with Crippen molar-refractivity contribution in [3.63, 3.8) is 0 Å². The number of benzene rings is 1. The minimum absolute atomic E-state index is 0.0212. The highest BCUT2D eigenvalue weighted by Crippen LogP contribution is 2.22. The largest absolute Gasteiger partial charge is 0.389 e. The van der Waals surface area contributed by atoms with Crippen LogP contribution in [0.5, 0.6) is 0 Å². The molecule has 6 heteroatoms. The summed E-state index contributed by atoms with van der Waals surface area (Å²) < 4.78 is 5.30. The van der Waals surface area contributed by atoms with E-state index in [-0.39, 0.29) is 13.2 Å². The van der Waals surface area contributed by atoms with Gasteiger partial charge in [0.05, 0.1) is 19.3 Å². The average molecular weight is 269 g/mol. The molecule has 0 amide bonds. The molecule has 1 aliphatic heterocycles. The lowest BCUT2D eigenvalue weighted by molar-refractivity contribution is -0.174. The summed E-state index contributed by atoms with van der Waals surface area (Å²) >= 11 is 0. The topological polar surface area (TPSA) is 102 Å². The SMILES string of the molecule is OC(COCc1ccccc1)[C@@]1(O)NC[C@H](O)[C@H]1O. The van der Waals surface area contributed by atoms with E-state index in [1.807, 2.05) is 30.3 Å². The Morgan fingerprint density at radius 3 is 2.58 bits per heavy atom. The van der Waals surface area contributed by atoms with Crippen LogP contribution in [-0.4, -0.2) is 57.6 Å². The molecular formula is C13H19NO5. The number of ether oxygens (including phenoxy) is 1. The second-order valence-corrected chi connectivity index (χ2v) is 4.73. The van der Waals surface area contributed by atoms with Crippen LogP contribution in [0.25, 0.3) is 0 Å². The van der Waals surface area contributed by atoms with Crippen molar-refractivity contribution >= 4 is 0 Å². The van der Waals surface area contributed by atoms with E-state index in [1.54, 1.807) is 0 Å². The number of aliphatic hydroxyl groups excluding tert-OH is 3. The molecule has 19 heavy (non-hydrogen) atoms. The molecule has 1 heterocycles. The standard InChI is InChI=1S/C13H19NO5/c15-10-6-14-13(18,12(10)17)11(16)8-19-7-9-4-2-1-3-5-9/h1-5,10-12,14-18H,6-8H2/t10-,11?,12+,13-/m0/s1. The molecule has 0 bridgehead atoms. The van der Waals surface area contributed by atoms with Gasteiger partial charge < -0.3 is 25.2 Å². The molecule has 0 spiro atoms. The zero-order valence-electron chi connectivity index (χ0n) is 10.4. The van der Waals surface area contributed by atoms with E-state index in [9.17, 15) is 20.4 Å². The molecular weight excluding hydrogens is 250 g/mol. The van der Waals surface area contributed by atoms with Gasteiger partial charge in [0, 0.05) is 6.54 Å². The molecule has 1 fully saturated rings. The Bertz CT molecular complexity index is 401. The van der Waals surface area contributed by atoms with Gasteiger partial charge in [-0.05, 0) is 5.56 Å². The molecule has 0 aliphatic carbocycles. The van der Waals surface area contributed by atoms with Gasteiger partial charge in [0.2, 0.25) is 0 Å². The van der Waals surface area contributed by atoms with E-state index < -0.39 is 24.0 Å². The van der Waals surface area contributed by atoms with Gasteiger partial charge in [0.1, 0.15) is 12.2 Å². The monoisotopic (exact) mass is 269 g/mol. The highest BCUT2D eigenvalue weighted by Gasteiger charge is 2.50. The molecule has 1 aromatic carbocycles. The molecule has 1 aromatic rings. The second kappa shape index (κ2) is 5.96. The smallest absolute Gasteiger partial charge is 0.173 e. The van der Waals surface area contributed by atoms with Gasteiger partial charge in [-0.2, -0.15) is 0 Å². The first-order valence-electron chi connectivity index (χ1n) is 6.17. The first-order valence-corrected chi connectivity index (χ1v) is 6.17. The van der Waals surface area contributed by atoms with E-state index in [4.69, 9.17) is 4.74 Å². The molecule has 1 saturated heterocycles. The maximum absolute atomic E-state index is 10.0. The molecule has 2 rings (SSSR count). The van der Waals surface area contributed by atoms with Crippen molar-refractivity contribution in [3.8, 4) is 0 Å². The van der Waals surface area contributed by atoms with Crippen molar-refractivity contribution in [3.05, 3.63) is 35.9 Å². The van der Waals surface area contributed by atoms with Gasteiger partial charge in [-0.25, -0.2) is 0 Å². The van der Waals surface area contributed by atoms with E-state index in [1.165, 1.54) is 0 Å². The van der Waals surface area contributed by atoms with Crippen LogP contribution in [0.4, 0.5) is 0 Å². The fourth-order valence-corrected chi connectivity index (χ4v) is 2.08. The first kappa shape index (κ1) is 14.4. The van der Waals surface area contributed by atoms with Crippen molar-refractivity contribution in [2.45, 2.75) is 30.6 Å². The van der Waals surface area contributed by atoms with Crippen molar-refractivity contribution in [2.75, 3.05) is 13.2 Å². The zero-order chi connectivity index (χ0) is 13.9. The van der Waals surface area contributed by atoms with Crippen molar-refractivity contribution in [1.82, 2.24) is 5.32 Å². The fraction of sp³-hybridized carbons (Fsp3) is 0.538. The van der Waals surface area contributed by atoms with Crippen LogP contribution in [0.2, 0.25) is 0 Å². The summed E-state index contributed by atoms with van der Waals surface area (Å²) in [5.74, 6) is 0.